The molecule has 26 heavy (non-hydrogen) atoms. The van der Waals surface area contributed by atoms with Crippen molar-refractivity contribution in [3.8, 4) is 0 Å². The van der Waals surface area contributed by atoms with Crippen molar-refractivity contribution >= 4 is 45.8 Å². The largest absolute Gasteiger partial charge is 0.326 e. The lowest BCUT2D eigenvalue weighted by Crippen LogP contribution is -2.27. The van der Waals surface area contributed by atoms with Crippen molar-refractivity contribution in [1.82, 2.24) is 0 Å². The number of imide groups is 1. The zero-order valence-electron chi connectivity index (χ0n) is 14.1. The Bertz CT molecular complexity index is 921. The molecule has 3 amide bonds. The summed E-state index contributed by atoms with van der Waals surface area (Å²) < 4.78 is 13.1. The maximum Gasteiger partial charge on any atom is 0.298 e. The number of amides is 3. The Balaban J connectivity index is 1.90. The highest BCUT2D eigenvalue weighted by atomic mass is 32.2. The number of anilines is 2. The van der Waals surface area contributed by atoms with Crippen LogP contribution in [0.5, 0.6) is 0 Å². The highest BCUT2D eigenvalue weighted by molar-refractivity contribution is 8.19. The molecule has 0 aromatic heterocycles. The van der Waals surface area contributed by atoms with Crippen molar-refractivity contribution in [3.05, 3.63) is 64.8 Å². The summed E-state index contributed by atoms with van der Waals surface area (Å²) in [5, 5.41) is 2.22. The van der Waals surface area contributed by atoms with Gasteiger partial charge in [0, 0.05) is 12.6 Å². The number of hydrogen-bond acceptors (Lipinski definition) is 4. The summed E-state index contributed by atoms with van der Waals surface area (Å²) in [5.41, 5.74) is 2.29. The number of thioether (sulfide) groups is 1. The first kappa shape index (κ1) is 17.9. The molecule has 0 bridgehead atoms. The van der Waals surface area contributed by atoms with Crippen molar-refractivity contribution in [1.29, 1.82) is 0 Å². The van der Waals surface area contributed by atoms with Gasteiger partial charge >= 0.3 is 0 Å². The van der Waals surface area contributed by atoms with Crippen LogP contribution in [0.1, 0.15) is 19.4 Å². The number of benzene rings is 2. The number of carbonyl (C=O) groups is 3. The molecular weight excluding hydrogens is 355 g/mol. The average Bonchev–Trinajstić information content (AvgIpc) is 2.90. The summed E-state index contributed by atoms with van der Waals surface area (Å²) in [4.78, 5) is 37.6. The highest BCUT2D eigenvalue weighted by Crippen LogP contribution is 2.39. The van der Waals surface area contributed by atoms with E-state index in [2.05, 4.69) is 5.32 Å². The summed E-state index contributed by atoms with van der Waals surface area (Å²) in [6, 6.07) is 12.2. The Morgan fingerprint density at radius 1 is 1.00 bits per heavy atom. The molecular formula is C19H15FN2O3S. The minimum atomic E-state index is -0.422. The summed E-state index contributed by atoms with van der Waals surface area (Å²) in [7, 11) is 0. The van der Waals surface area contributed by atoms with Crippen LogP contribution in [0.4, 0.5) is 20.6 Å². The topological polar surface area (TPSA) is 66.5 Å². The Morgan fingerprint density at radius 3 is 2.19 bits per heavy atom. The van der Waals surface area contributed by atoms with Crippen LogP contribution in [0.25, 0.3) is 5.57 Å². The fourth-order valence-electron chi connectivity index (χ4n) is 2.55. The molecule has 0 aliphatic carbocycles. The molecule has 0 atom stereocenters. The second-order valence-corrected chi connectivity index (χ2v) is 6.66. The van der Waals surface area contributed by atoms with E-state index in [1.807, 2.05) is 0 Å². The summed E-state index contributed by atoms with van der Waals surface area (Å²) in [6.07, 6.45) is 0. The lowest BCUT2D eigenvalue weighted by Gasteiger charge is -2.13. The third-order valence-electron chi connectivity index (χ3n) is 3.83. The molecule has 1 aliphatic rings. The predicted molar refractivity (Wildman–Crippen MR) is 100 cm³/mol. The van der Waals surface area contributed by atoms with Crippen LogP contribution in [0, 0.1) is 5.82 Å². The van der Waals surface area contributed by atoms with E-state index in [-0.39, 0.29) is 11.7 Å². The average molecular weight is 370 g/mol. The fourth-order valence-corrected chi connectivity index (χ4v) is 3.45. The zero-order chi connectivity index (χ0) is 18.8. The molecule has 0 radical (unpaired) electrons. The quantitative estimate of drug-likeness (QED) is 0.813. The van der Waals surface area contributed by atoms with Crippen LogP contribution in [0.2, 0.25) is 0 Å². The second kappa shape index (κ2) is 7.13. The van der Waals surface area contributed by atoms with Crippen LogP contribution >= 0.6 is 11.8 Å². The van der Waals surface area contributed by atoms with Gasteiger partial charge in [-0.2, -0.15) is 0 Å². The molecule has 3 rings (SSSR count). The Morgan fingerprint density at radius 2 is 1.62 bits per heavy atom. The molecule has 1 aliphatic heterocycles. The van der Waals surface area contributed by atoms with Gasteiger partial charge in [0.15, 0.2) is 0 Å². The molecule has 2 aromatic rings. The maximum absolute atomic E-state index is 13.1. The van der Waals surface area contributed by atoms with Crippen LogP contribution in [0.3, 0.4) is 0 Å². The third-order valence-corrected chi connectivity index (χ3v) is 4.88. The molecule has 2 aromatic carbocycles. The van der Waals surface area contributed by atoms with Crippen LogP contribution in [0.15, 0.2) is 53.4 Å². The first-order chi connectivity index (χ1) is 12.4. The molecule has 1 fully saturated rings. The molecule has 0 spiro atoms. The van der Waals surface area contributed by atoms with Crippen molar-refractivity contribution in [2.75, 3.05) is 10.2 Å². The van der Waals surface area contributed by atoms with Gasteiger partial charge in [-0.05, 0) is 66.2 Å². The van der Waals surface area contributed by atoms with Gasteiger partial charge in [-0.3, -0.25) is 14.4 Å². The van der Waals surface area contributed by atoms with Gasteiger partial charge in [0.25, 0.3) is 11.1 Å². The standard InChI is InChI=1S/C19H15FN2O3S/c1-11(13-3-5-14(20)6-4-13)17-18(24)22(19(25)26-17)16-9-7-15(8-10-16)21-12(2)23/h3-10H,1-2H3,(H,21,23)/b17-11-. The SMILES string of the molecule is CC(=O)Nc1ccc(N2C(=O)S/C(=C(/C)c3ccc(F)cc3)C2=O)cc1. The molecule has 7 heteroatoms. The van der Waals surface area contributed by atoms with Crippen LogP contribution in [-0.4, -0.2) is 17.1 Å². The van der Waals surface area contributed by atoms with E-state index in [0.717, 1.165) is 16.7 Å². The normalized spacial score (nSPS) is 16.0. The molecule has 1 N–H and O–H groups in total. The van der Waals surface area contributed by atoms with Crippen LogP contribution < -0.4 is 10.2 Å². The number of nitrogens with zero attached hydrogens (tertiary/aromatic N) is 1. The lowest BCUT2D eigenvalue weighted by atomic mass is 10.1. The molecule has 0 unspecified atom stereocenters. The van der Waals surface area contributed by atoms with Gasteiger partial charge in [-0.25, -0.2) is 9.29 Å². The second-order valence-electron chi connectivity index (χ2n) is 5.70. The summed E-state index contributed by atoms with van der Waals surface area (Å²) in [6.45, 7) is 3.12. The number of halogens is 1. The minimum Gasteiger partial charge on any atom is -0.326 e. The Hall–Kier alpha value is -2.93. The number of carbonyl (C=O) groups excluding carboxylic acids is 3. The smallest absolute Gasteiger partial charge is 0.298 e. The van der Waals surface area contributed by atoms with Gasteiger partial charge in [0.05, 0.1) is 10.6 Å². The van der Waals surface area contributed by atoms with Gasteiger partial charge in [0.2, 0.25) is 5.91 Å². The number of rotatable bonds is 3. The van der Waals surface area contributed by atoms with Crippen LogP contribution in [-0.2, 0) is 9.59 Å². The molecule has 5 nitrogen and oxygen atoms in total. The Kier molecular flexibility index (Phi) is 4.90. The van der Waals surface area contributed by atoms with Gasteiger partial charge in [-0.15, -0.1) is 0 Å². The van der Waals surface area contributed by atoms with Gasteiger partial charge < -0.3 is 5.32 Å². The highest BCUT2D eigenvalue weighted by Gasteiger charge is 2.37. The van der Waals surface area contributed by atoms with Crippen molar-refractivity contribution in [2.45, 2.75) is 13.8 Å². The first-order valence-corrected chi connectivity index (χ1v) is 8.59. The van der Waals surface area contributed by atoms with E-state index >= 15 is 0 Å². The summed E-state index contributed by atoms with van der Waals surface area (Å²) >= 11 is 0.852. The van der Waals surface area contributed by atoms with E-state index in [0.29, 0.717) is 27.4 Å². The van der Waals surface area contributed by atoms with Gasteiger partial charge in [-0.1, -0.05) is 12.1 Å². The van der Waals surface area contributed by atoms with Crippen molar-refractivity contribution < 1.29 is 18.8 Å². The number of hydrogen-bond donors (Lipinski definition) is 1. The van der Waals surface area contributed by atoms with E-state index < -0.39 is 11.1 Å². The Labute approximate surface area is 153 Å². The molecule has 1 heterocycles. The third kappa shape index (κ3) is 3.52. The van der Waals surface area contributed by atoms with E-state index in [9.17, 15) is 18.8 Å². The van der Waals surface area contributed by atoms with Gasteiger partial charge in [0.1, 0.15) is 5.82 Å². The summed E-state index contributed by atoms with van der Waals surface area (Å²) in [5.74, 6) is -0.996. The fraction of sp³-hybridized carbons (Fsp3) is 0.105. The lowest BCUT2D eigenvalue weighted by molar-refractivity contribution is -0.114. The van der Waals surface area contributed by atoms with Crippen molar-refractivity contribution in [3.63, 3.8) is 0 Å². The molecule has 132 valence electrons. The minimum absolute atomic E-state index is 0.207. The van der Waals surface area contributed by atoms with E-state index in [1.54, 1.807) is 43.3 Å². The molecule has 0 saturated carbocycles. The van der Waals surface area contributed by atoms with Crippen molar-refractivity contribution in [2.24, 2.45) is 0 Å². The maximum atomic E-state index is 13.1. The predicted octanol–water partition coefficient (Wildman–Crippen LogP) is 4.42. The first-order valence-electron chi connectivity index (χ1n) is 7.77. The number of allylic oxidation sites excluding steroid dienone is 1. The number of nitrogens with one attached hydrogen (secondary N) is 1. The van der Waals surface area contributed by atoms with E-state index in [4.69, 9.17) is 0 Å². The monoisotopic (exact) mass is 370 g/mol. The molecule has 1 saturated heterocycles. The van der Waals surface area contributed by atoms with E-state index in [1.165, 1.54) is 19.1 Å². The zero-order valence-corrected chi connectivity index (χ0v) is 14.9.